The van der Waals surface area contributed by atoms with E-state index in [1.54, 1.807) is 17.0 Å². The molecule has 1 unspecified atom stereocenters. The molecule has 6 heteroatoms. The first-order valence-electron chi connectivity index (χ1n) is 10.5. The van der Waals surface area contributed by atoms with Crippen molar-refractivity contribution in [1.29, 1.82) is 0 Å². The van der Waals surface area contributed by atoms with Gasteiger partial charge in [0, 0.05) is 40.1 Å². The molecule has 2 aromatic rings. The molecule has 4 nitrogen and oxygen atoms in total. The van der Waals surface area contributed by atoms with E-state index in [2.05, 4.69) is 13.8 Å². The Morgan fingerprint density at radius 2 is 1.84 bits per heavy atom. The lowest BCUT2D eigenvalue weighted by Crippen LogP contribution is -2.44. The number of hydrogen-bond acceptors (Lipinski definition) is 3. The second-order valence-corrected chi connectivity index (χ2v) is 9.70. The second-order valence-electron chi connectivity index (χ2n) is 8.85. The molecule has 1 amide bonds. The van der Waals surface area contributed by atoms with Gasteiger partial charge in [0.15, 0.2) is 5.78 Å². The van der Waals surface area contributed by atoms with Gasteiger partial charge in [-0.25, -0.2) is 0 Å². The summed E-state index contributed by atoms with van der Waals surface area (Å²) in [6, 6.07) is 12.7. The van der Waals surface area contributed by atoms with Crippen LogP contribution < -0.4 is 9.64 Å². The Labute approximate surface area is 192 Å². The Kier molecular flexibility index (Phi) is 5.89. The standard InChI is InChI=1S/C25H25Cl2NO3/c1-4-31-22-8-6-5-7-19(22)28-20-13-25(2,3)14-21(29)24(20)17(12-23(28)30)16-10-9-15(26)11-18(16)27/h5-11,17H,4,12-14H2,1-3H3. The Hall–Kier alpha value is -2.30. The van der Waals surface area contributed by atoms with Gasteiger partial charge < -0.3 is 4.74 Å². The molecule has 4 rings (SSSR count). The second kappa shape index (κ2) is 8.33. The zero-order valence-electron chi connectivity index (χ0n) is 17.9. The van der Waals surface area contributed by atoms with Crippen LogP contribution in [0.3, 0.4) is 0 Å². The smallest absolute Gasteiger partial charge is 0.232 e. The summed E-state index contributed by atoms with van der Waals surface area (Å²) in [5.41, 5.74) is 2.61. The Morgan fingerprint density at radius 3 is 2.55 bits per heavy atom. The highest BCUT2D eigenvalue weighted by atomic mass is 35.5. The number of halogens is 2. The van der Waals surface area contributed by atoms with E-state index in [0.717, 1.165) is 11.3 Å². The molecule has 1 atom stereocenters. The van der Waals surface area contributed by atoms with E-state index in [1.165, 1.54) is 0 Å². The van der Waals surface area contributed by atoms with Crippen LogP contribution in [-0.4, -0.2) is 18.3 Å². The van der Waals surface area contributed by atoms with Crippen LogP contribution in [0, 0.1) is 5.41 Å². The van der Waals surface area contributed by atoms with E-state index >= 15 is 0 Å². The number of para-hydroxylation sites is 2. The minimum absolute atomic E-state index is 0.0636. The number of nitrogens with zero attached hydrogens (tertiary/aromatic N) is 1. The third-order valence-electron chi connectivity index (χ3n) is 5.89. The third-order valence-corrected chi connectivity index (χ3v) is 6.45. The fourth-order valence-corrected chi connectivity index (χ4v) is 5.20. The Morgan fingerprint density at radius 1 is 1.10 bits per heavy atom. The number of ether oxygens (including phenoxy) is 1. The summed E-state index contributed by atoms with van der Waals surface area (Å²) in [5.74, 6) is 0.233. The maximum atomic E-state index is 13.5. The van der Waals surface area contributed by atoms with Gasteiger partial charge in [0.2, 0.25) is 5.91 Å². The van der Waals surface area contributed by atoms with E-state index < -0.39 is 0 Å². The highest BCUT2D eigenvalue weighted by molar-refractivity contribution is 6.35. The van der Waals surface area contributed by atoms with E-state index in [4.69, 9.17) is 27.9 Å². The number of carbonyl (C=O) groups excluding carboxylic acids is 2. The SMILES string of the molecule is CCOc1ccccc1N1C(=O)CC(c2ccc(Cl)cc2Cl)C2=C1CC(C)(C)CC2=O. The van der Waals surface area contributed by atoms with Gasteiger partial charge in [-0.2, -0.15) is 0 Å². The number of ketones is 1. The molecule has 0 saturated carbocycles. The molecular weight excluding hydrogens is 433 g/mol. The number of Topliss-reactive ketones (excluding diaryl/α,β-unsaturated/α-hetero) is 1. The van der Waals surface area contributed by atoms with E-state index in [9.17, 15) is 9.59 Å². The van der Waals surface area contributed by atoms with Gasteiger partial charge in [-0.15, -0.1) is 0 Å². The third kappa shape index (κ3) is 4.11. The molecular formula is C25H25Cl2NO3. The molecule has 0 aromatic heterocycles. The molecule has 1 aliphatic carbocycles. The van der Waals surface area contributed by atoms with Gasteiger partial charge in [0.1, 0.15) is 5.75 Å². The summed E-state index contributed by atoms with van der Waals surface area (Å²) in [4.78, 5) is 28.6. The van der Waals surface area contributed by atoms with Gasteiger partial charge in [-0.1, -0.05) is 55.2 Å². The van der Waals surface area contributed by atoms with Crippen LogP contribution in [0.15, 0.2) is 53.7 Å². The maximum Gasteiger partial charge on any atom is 0.232 e. The minimum Gasteiger partial charge on any atom is -0.492 e. The molecule has 0 spiro atoms. The van der Waals surface area contributed by atoms with Crippen LogP contribution in [-0.2, 0) is 9.59 Å². The van der Waals surface area contributed by atoms with Crippen molar-refractivity contribution in [2.45, 2.75) is 46.0 Å². The van der Waals surface area contributed by atoms with Crippen molar-refractivity contribution in [2.75, 3.05) is 11.5 Å². The van der Waals surface area contributed by atoms with Gasteiger partial charge in [-0.3, -0.25) is 14.5 Å². The summed E-state index contributed by atoms with van der Waals surface area (Å²) >= 11 is 12.6. The molecule has 2 aliphatic rings. The normalized spacial score (nSPS) is 20.7. The quantitative estimate of drug-likeness (QED) is 0.522. The average Bonchev–Trinajstić information content (AvgIpc) is 2.67. The predicted octanol–water partition coefficient (Wildman–Crippen LogP) is 6.56. The highest BCUT2D eigenvalue weighted by Gasteiger charge is 2.45. The number of carbonyl (C=O) groups is 2. The fraction of sp³-hybridized carbons (Fsp3) is 0.360. The molecule has 1 aliphatic heterocycles. The van der Waals surface area contributed by atoms with E-state index in [0.29, 0.717) is 46.5 Å². The summed E-state index contributed by atoms with van der Waals surface area (Å²) in [6.45, 7) is 6.51. The fourth-order valence-electron chi connectivity index (χ4n) is 4.66. The predicted molar refractivity (Wildman–Crippen MR) is 124 cm³/mol. The van der Waals surface area contributed by atoms with Crippen LogP contribution in [0.2, 0.25) is 10.0 Å². The van der Waals surface area contributed by atoms with Crippen LogP contribution in [0.1, 0.15) is 51.5 Å². The van der Waals surface area contributed by atoms with Crippen LogP contribution in [0.25, 0.3) is 0 Å². The summed E-state index contributed by atoms with van der Waals surface area (Å²) in [5, 5.41) is 0.992. The average molecular weight is 458 g/mol. The van der Waals surface area contributed by atoms with Gasteiger partial charge in [0.05, 0.1) is 12.3 Å². The molecule has 0 bridgehead atoms. The summed E-state index contributed by atoms with van der Waals surface area (Å²) in [7, 11) is 0. The number of amides is 1. The Bertz CT molecular complexity index is 1090. The van der Waals surface area contributed by atoms with Crippen molar-refractivity contribution in [3.05, 3.63) is 69.3 Å². The molecule has 2 aromatic carbocycles. The van der Waals surface area contributed by atoms with Crippen molar-refractivity contribution >= 4 is 40.6 Å². The van der Waals surface area contributed by atoms with Crippen molar-refractivity contribution in [3.63, 3.8) is 0 Å². The number of hydrogen-bond donors (Lipinski definition) is 0. The topological polar surface area (TPSA) is 46.6 Å². The van der Waals surface area contributed by atoms with E-state index in [-0.39, 0.29) is 29.4 Å². The molecule has 0 saturated heterocycles. The van der Waals surface area contributed by atoms with Crippen LogP contribution in [0.5, 0.6) is 5.75 Å². The van der Waals surface area contributed by atoms with Crippen LogP contribution >= 0.6 is 23.2 Å². The van der Waals surface area contributed by atoms with Crippen molar-refractivity contribution in [1.82, 2.24) is 0 Å². The number of anilines is 1. The van der Waals surface area contributed by atoms with Gasteiger partial charge in [-0.05, 0) is 48.6 Å². The lowest BCUT2D eigenvalue weighted by molar-refractivity contribution is -0.121. The zero-order valence-corrected chi connectivity index (χ0v) is 19.4. The first-order chi connectivity index (χ1) is 14.7. The molecule has 0 fully saturated rings. The number of allylic oxidation sites excluding steroid dienone is 2. The first kappa shape index (κ1) is 21.9. The van der Waals surface area contributed by atoms with Crippen molar-refractivity contribution < 1.29 is 14.3 Å². The molecule has 0 N–H and O–H groups in total. The zero-order chi connectivity index (χ0) is 22.3. The lowest BCUT2D eigenvalue weighted by atomic mass is 9.69. The summed E-state index contributed by atoms with van der Waals surface area (Å²) < 4.78 is 5.80. The monoisotopic (exact) mass is 457 g/mol. The molecule has 1 heterocycles. The number of rotatable bonds is 4. The van der Waals surface area contributed by atoms with Crippen molar-refractivity contribution in [2.24, 2.45) is 5.41 Å². The molecule has 31 heavy (non-hydrogen) atoms. The molecule has 0 radical (unpaired) electrons. The van der Waals surface area contributed by atoms with Crippen molar-refractivity contribution in [3.8, 4) is 5.75 Å². The first-order valence-corrected chi connectivity index (χ1v) is 11.2. The maximum absolute atomic E-state index is 13.5. The minimum atomic E-state index is -0.383. The number of benzene rings is 2. The Balaban J connectivity index is 1.92. The molecule has 162 valence electrons. The van der Waals surface area contributed by atoms with Gasteiger partial charge in [0.25, 0.3) is 0 Å². The van der Waals surface area contributed by atoms with Crippen LogP contribution in [0.4, 0.5) is 5.69 Å². The van der Waals surface area contributed by atoms with Gasteiger partial charge >= 0.3 is 0 Å². The largest absolute Gasteiger partial charge is 0.492 e. The lowest BCUT2D eigenvalue weighted by Gasteiger charge is -2.43. The highest BCUT2D eigenvalue weighted by Crippen LogP contribution is 2.50. The van der Waals surface area contributed by atoms with E-state index in [1.807, 2.05) is 37.3 Å². The summed E-state index contributed by atoms with van der Waals surface area (Å²) in [6.07, 6.45) is 1.21.